The van der Waals surface area contributed by atoms with Gasteiger partial charge in [0.2, 0.25) is 0 Å². The predicted octanol–water partition coefficient (Wildman–Crippen LogP) is 8.56. The number of methoxy groups -OCH3 is 2. The number of benzene rings is 3. The topological polar surface area (TPSA) is 46.7 Å². The number of ether oxygens (including phenoxy) is 2. The van der Waals surface area contributed by atoms with E-state index in [0.717, 1.165) is 33.8 Å². The van der Waals surface area contributed by atoms with Crippen LogP contribution in [0.4, 0.5) is 0 Å². The Kier molecular flexibility index (Phi) is 20.2. The Morgan fingerprint density at radius 3 is 1.11 bits per heavy atom. The molecule has 0 bridgehead atoms. The van der Waals surface area contributed by atoms with Gasteiger partial charge >= 0.3 is 46.9 Å². The van der Waals surface area contributed by atoms with E-state index in [2.05, 4.69) is 67.7 Å². The fourth-order valence-corrected chi connectivity index (χ4v) is 10.6. The molecule has 9 heteroatoms. The summed E-state index contributed by atoms with van der Waals surface area (Å²) in [4.78, 5) is 0. The van der Waals surface area contributed by atoms with Crippen molar-refractivity contribution in [1.29, 1.82) is 0 Å². The first-order valence-electron chi connectivity index (χ1n) is 12.0. The van der Waals surface area contributed by atoms with E-state index in [4.69, 9.17) is 9.47 Å². The monoisotopic (exact) mass is 723 g/mol. The molecule has 37 heavy (non-hydrogen) atoms. The van der Waals surface area contributed by atoms with Gasteiger partial charge in [0.05, 0.1) is 25.7 Å². The molecule has 0 heterocycles. The van der Waals surface area contributed by atoms with E-state index in [1.165, 1.54) is 0 Å². The number of rotatable bonds is 8. The summed E-state index contributed by atoms with van der Waals surface area (Å²) in [6.45, 7) is 17.8. The maximum Gasteiger partial charge on any atom is 3.00 e. The van der Waals surface area contributed by atoms with E-state index in [1.807, 2.05) is 66.7 Å². The quantitative estimate of drug-likeness (QED) is 0.173. The van der Waals surface area contributed by atoms with E-state index in [1.54, 1.807) is 14.2 Å². The number of hydrogen-bond acceptors (Lipinski definition) is 2. The van der Waals surface area contributed by atoms with Crippen LogP contribution in [0, 0.1) is 53.0 Å². The molecule has 0 amide bonds. The van der Waals surface area contributed by atoms with E-state index < -0.39 is 0 Å². The van der Waals surface area contributed by atoms with Crippen molar-refractivity contribution in [2.75, 3.05) is 14.2 Å². The molecule has 0 aliphatic carbocycles. The van der Waals surface area contributed by atoms with Crippen LogP contribution in [0.15, 0.2) is 66.7 Å². The molecule has 0 aliphatic heterocycles. The fraction of sp³-hybridized carbons (Fsp3) is 0.357. The van der Waals surface area contributed by atoms with Gasteiger partial charge in [-0.15, -0.1) is 35.4 Å². The Bertz CT molecular complexity index is 932. The Balaban J connectivity index is 0.000000720. The van der Waals surface area contributed by atoms with Crippen molar-refractivity contribution in [1.82, 2.24) is 0 Å². The molecular weight excluding hydrogens is 682 g/mol. The van der Waals surface area contributed by atoms with Gasteiger partial charge in [-0.05, 0) is 23.3 Å². The molecule has 0 N–H and O–H groups in total. The molecule has 3 aromatic rings. The molecule has 5 radical (unpaired) electrons. The van der Waals surface area contributed by atoms with Crippen molar-refractivity contribution >= 4 is 35.8 Å². The summed E-state index contributed by atoms with van der Waals surface area (Å²) in [5, 5.41) is 0. The molecule has 205 valence electrons. The Morgan fingerprint density at radius 1 is 0.514 bits per heavy atom. The van der Waals surface area contributed by atoms with Crippen LogP contribution in [0.1, 0.15) is 0 Å². The van der Waals surface area contributed by atoms with Gasteiger partial charge in [0.15, 0.2) is 0 Å². The van der Waals surface area contributed by atoms with Crippen LogP contribution in [0.2, 0.25) is 52.4 Å². The number of para-hydroxylation sites is 2. The SMILES string of the molecule is COc1ccccc1-c1[c-]c(-c2ccccc2OC)ccc1.C[Si](C)[N-][Si](C)C.C[Si](C)[N-][Si](C)C.[Yb+3]. The van der Waals surface area contributed by atoms with Gasteiger partial charge in [0.25, 0.3) is 0 Å². The van der Waals surface area contributed by atoms with Crippen molar-refractivity contribution in [2.24, 2.45) is 0 Å². The van der Waals surface area contributed by atoms with Gasteiger partial charge in [-0.1, -0.05) is 125 Å². The summed E-state index contributed by atoms with van der Waals surface area (Å²) in [5.41, 5.74) is 4.06. The second-order valence-corrected chi connectivity index (χ2v) is 18.3. The Labute approximate surface area is 272 Å². The number of hydrogen-bond donors (Lipinski definition) is 0. The van der Waals surface area contributed by atoms with Gasteiger partial charge in [-0.25, -0.2) is 0 Å². The molecule has 0 saturated carbocycles. The third-order valence-corrected chi connectivity index (χ3v) is 11.6. The van der Waals surface area contributed by atoms with Crippen LogP contribution in [0.5, 0.6) is 11.5 Å². The van der Waals surface area contributed by atoms with Crippen LogP contribution < -0.4 is 9.47 Å². The molecule has 0 aliphatic rings. The molecule has 0 unspecified atom stereocenters. The molecule has 0 saturated heterocycles. The summed E-state index contributed by atoms with van der Waals surface area (Å²) in [6.07, 6.45) is 0. The second kappa shape index (κ2) is 20.5. The molecule has 0 aromatic heterocycles. The molecule has 3 aromatic carbocycles. The predicted molar refractivity (Wildman–Crippen MR) is 166 cm³/mol. The summed E-state index contributed by atoms with van der Waals surface area (Å²) in [6, 6.07) is 25.5. The summed E-state index contributed by atoms with van der Waals surface area (Å²) in [7, 11) is 2.31. The second-order valence-electron chi connectivity index (χ2n) is 8.89. The first-order valence-corrected chi connectivity index (χ1v) is 21.8. The van der Waals surface area contributed by atoms with Gasteiger partial charge in [-0.2, -0.15) is 0 Å². The molecule has 0 spiro atoms. The Morgan fingerprint density at radius 2 is 0.838 bits per heavy atom. The Hall–Kier alpha value is -0.433. The number of nitrogens with zero attached hydrogens (tertiary/aromatic N) is 2. The summed E-state index contributed by atoms with van der Waals surface area (Å²) >= 11 is 0. The van der Waals surface area contributed by atoms with Crippen molar-refractivity contribution < 1.29 is 56.4 Å². The third kappa shape index (κ3) is 15.1. The molecule has 3 rings (SSSR count). The maximum absolute atomic E-state index is 5.45. The summed E-state index contributed by atoms with van der Waals surface area (Å²) < 4.78 is 19.9. The van der Waals surface area contributed by atoms with Crippen molar-refractivity contribution in [3.8, 4) is 33.8 Å². The first kappa shape index (κ1) is 36.6. The first-order chi connectivity index (χ1) is 17.1. The fourth-order valence-electron chi connectivity index (χ4n) is 3.41. The minimum atomic E-state index is -0.264. The van der Waals surface area contributed by atoms with E-state index in [0.29, 0.717) is 0 Å². The van der Waals surface area contributed by atoms with E-state index in [9.17, 15) is 0 Å². The van der Waals surface area contributed by atoms with Crippen molar-refractivity contribution in [3.63, 3.8) is 0 Å². The van der Waals surface area contributed by atoms with Gasteiger partial charge < -0.3 is 18.8 Å². The normalized spacial score (nSPS) is 10.3. The van der Waals surface area contributed by atoms with Crippen molar-refractivity contribution in [2.45, 2.75) is 52.4 Å². The van der Waals surface area contributed by atoms with Crippen LogP contribution in [-0.4, -0.2) is 50.1 Å². The molecule has 0 atom stereocenters. The smallest absolute Gasteiger partial charge is 0.673 e. The minimum Gasteiger partial charge on any atom is -0.673 e. The third-order valence-electron chi connectivity index (χ3n) is 4.48. The minimum absolute atomic E-state index is 0. The average Bonchev–Trinajstić information content (AvgIpc) is 2.83. The van der Waals surface area contributed by atoms with Gasteiger partial charge in [-0.3, -0.25) is 0 Å². The van der Waals surface area contributed by atoms with Gasteiger partial charge in [0.1, 0.15) is 0 Å². The molecule has 0 fully saturated rings. The van der Waals surface area contributed by atoms with E-state index in [-0.39, 0.29) is 82.8 Å². The molecule has 4 nitrogen and oxygen atoms in total. The standard InChI is InChI=1S/C20H17O2.2C4H12NSi2.Yb/c1-21-19-12-5-3-10-17(19)15-8-7-9-16(14-15)18-11-4-6-13-20(18)22-2;2*1-6(2)5-7(3)4;/h3-13H,1-2H3;2*1-4H3;/q3*-1;+3. The van der Waals surface area contributed by atoms with Crippen molar-refractivity contribution in [3.05, 3.63) is 82.1 Å². The zero-order valence-corrected chi connectivity index (χ0v) is 29.5. The summed E-state index contributed by atoms with van der Waals surface area (Å²) in [5.74, 6) is 1.69. The molecular formula is C28H41N2O2Si4Yb. The zero-order valence-electron chi connectivity index (χ0n) is 23.8. The van der Waals surface area contributed by atoms with Crippen LogP contribution in [0.3, 0.4) is 0 Å². The zero-order chi connectivity index (χ0) is 27.1. The van der Waals surface area contributed by atoms with Crippen LogP contribution >= 0.6 is 0 Å². The largest absolute Gasteiger partial charge is 3.00 e. The average molecular weight is 723 g/mol. The van der Waals surface area contributed by atoms with Crippen LogP contribution in [-0.2, 0) is 0 Å². The van der Waals surface area contributed by atoms with E-state index >= 15 is 0 Å². The van der Waals surface area contributed by atoms with Gasteiger partial charge in [0, 0.05) is 0 Å². The maximum atomic E-state index is 5.45. The van der Waals surface area contributed by atoms with Crippen LogP contribution in [0.25, 0.3) is 31.5 Å².